The van der Waals surface area contributed by atoms with Crippen LogP contribution in [0.15, 0.2) is 29.2 Å². The third-order valence-corrected chi connectivity index (χ3v) is 5.03. The Bertz CT molecular complexity index is 513. The zero-order valence-electron chi connectivity index (χ0n) is 11.2. The van der Waals surface area contributed by atoms with Crippen molar-refractivity contribution in [2.75, 3.05) is 19.5 Å². The molecule has 2 N–H and O–H groups in total. The van der Waals surface area contributed by atoms with Crippen molar-refractivity contribution < 1.29 is 13.2 Å². The lowest BCUT2D eigenvalue weighted by Crippen LogP contribution is -2.33. The first-order chi connectivity index (χ1) is 9.05. The van der Waals surface area contributed by atoms with Gasteiger partial charge in [0.15, 0.2) is 0 Å². The monoisotopic (exact) mass is 284 g/mol. The summed E-state index contributed by atoms with van der Waals surface area (Å²) in [5, 5.41) is 2.96. The summed E-state index contributed by atoms with van der Waals surface area (Å²) < 4.78 is 32.4. The maximum atomic E-state index is 12.2. The van der Waals surface area contributed by atoms with Crippen molar-refractivity contribution in [2.24, 2.45) is 0 Å². The maximum absolute atomic E-state index is 12.2. The summed E-state index contributed by atoms with van der Waals surface area (Å²) in [6, 6.07) is 6.69. The predicted molar refractivity (Wildman–Crippen MR) is 74.7 cm³/mol. The quantitative estimate of drug-likeness (QED) is 0.861. The molecule has 0 aromatic heterocycles. The van der Waals surface area contributed by atoms with Gasteiger partial charge in [-0.3, -0.25) is 0 Å². The summed E-state index contributed by atoms with van der Waals surface area (Å²) in [5.41, 5.74) is 0.888. The Morgan fingerprint density at radius 1 is 1.21 bits per heavy atom. The summed E-state index contributed by atoms with van der Waals surface area (Å²) in [6.45, 7) is 0. The number of nitrogens with one attached hydrogen (secondary N) is 2. The highest BCUT2D eigenvalue weighted by Gasteiger charge is 2.28. The molecule has 0 spiro atoms. The van der Waals surface area contributed by atoms with Gasteiger partial charge in [0.2, 0.25) is 10.0 Å². The van der Waals surface area contributed by atoms with Gasteiger partial charge in [-0.25, -0.2) is 13.1 Å². The zero-order valence-corrected chi connectivity index (χ0v) is 12.0. The van der Waals surface area contributed by atoms with Gasteiger partial charge in [0, 0.05) is 25.9 Å². The molecule has 0 aliphatic heterocycles. The number of rotatable bonds is 5. The topological polar surface area (TPSA) is 67.4 Å². The van der Waals surface area contributed by atoms with Gasteiger partial charge in [-0.05, 0) is 43.5 Å². The van der Waals surface area contributed by atoms with E-state index in [-0.39, 0.29) is 12.1 Å². The third kappa shape index (κ3) is 3.46. The SMILES string of the molecule is CNc1ccc(S(=O)(=O)NC2CCC(OC)C2)cc1. The van der Waals surface area contributed by atoms with Gasteiger partial charge < -0.3 is 10.1 Å². The van der Waals surface area contributed by atoms with E-state index >= 15 is 0 Å². The molecule has 1 aromatic carbocycles. The smallest absolute Gasteiger partial charge is 0.240 e. The molecule has 1 fully saturated rings. The van der Waals surface area contributed by atoms with Crippen LogP contribution in [0.3, 0.4) is 0 Å². The second-order valence-corrected chi connectivity index (χ2v) is 6.48. The molecule has 6 heteroatoms. The van der Waals surface area contributed by atoms with Crippen LogP contribution in [0.5, 0.6) is 0 Å². The molecule has 0 heterocycles. The van der Waals surface area contributed by atoms with E-state index in [1.54, 1.807) is 38.4 Å². The highest BCUT2D eigenvalue weighted by Crippen LogP contribution is 2.23. The summed E-state index contributed by atoms with van der Waals surface area (Å²) in [6.07, 6.45) is 2.64. The van der Waals surface area contributed by atoms with Crippen LogP contribution in [0.1, 0.15) is 19.3 Å². The van der Waals surface area contributed by atoms with E-state index in [4.69, 9.17) is 4.74 Å². The van der Waals surface area contributed by atoms with Gasteiger partial charge in [-0.15, -0.1) is 0 Å². The van der Waals surface area contributed by atoms with E-state index in [1.165, 1.54) is 0 Å². The van der Waals surface area contributed by atoms with E-state index in [2.05, 4.69) is 10.0 Å². The van der Waals surface area contributed by atoms with Crippen LogP contribution in [0.25, 0.3) is 0 Å². The number of anilines is 1. The van der Waals surface area contributed by atoms with Crippen LogP contribution in [0.2, 0.25) is 0 Å². The lowest BCUT2D eigenvalue weighted by Gasteiger charge is -2.13. The van der Waals surface area contributed by atoms with Crippen molar-refractivity contribution in [1.29, 1.82) is 0 Å². The molecule has 0 amide bonds. The van der Waals surface area contributed by atoms with Crippen LogP contribution in [0, 0.1) is 0 Å². The van der Waals surface area contributed by atoms with E-state index in [9.17, 15) is 8.42 Å². The number of ether oxygens (including phenoxy) is 1. The molecular formula is C13H20N2O3S. The first-order valence-electron chi connectivity index (χ1n) is 6.38. The van der Waals surface area contributed by atoms with Gasteiger partial charge in [-0.1, -0.05) is 0 Å². The fourth-order valence-electron chi connectivity index (χ4n) is 2.35. The van der Waals surface area contributed by atoms with Crippen LogP contribution in [-0.2, 0) is 14.8 Å². The molecule has 1 aromatic rings. The summed E-state index contributed by atoms with van der Waals surface area (Å²) in [5.74, 6) is 0. The lowest BCUT2D eigenvalue weighted by atomic mass is 10.3. The minimum absolute atomic E-state index is 0.0288. The molecule has 106 valence electrons. The first kappa shape index (κ1) is 14.3. The third-order valence-electron chi connectivity index (χ3n) is 3.49. The molecule has 0 saturated heterocycles. The van der Waals surface area contributed by atoms with Crippen molar-refractivity contribution in [2.45, 2.75) is 36.3 Å². The lowest BCUT2D eigenvalue weighted by molar-refractivity contribution is 0.107. The van der Waals surface area contributed by atoms with Gasteiger partial charge in [0.25, 0.3) is 0 Å². The van der Waals surface area contributed by atoms with Gasteiger partial charge >= 0.3 is 0 Å². The minimum atomic E-state index is -3.43. The number of hydrogen-bond donors (Lipinski definition) is 2. The number of methoxy groups -OCH3 is 1. The van der Waals surface area contributed by atoms with Gasteiger partial charge in [-0.2, -0.15) is 0 Å². The summed E-state index contributed by atoms with van der Waals surface area (Å²) in [7, 11) is 0.0278. The van der Waals surface area contributed by atoms with Crippen molar-refractivity contribution in [1.82, 2.24) is 4.72 Å². The average molecular weight is 284 g/mol. The summed E-state index contributed by atoms with van der Waals surface area (Å²) in [4.78, 5) is 0.298. The number of sulfonamides is 1. The molecule has 0 radical (unpaired) electrons. The molecule has 1 saturated carbocycles. The fraction of sp³-hybridized carbons (Fsp3) is 0.538. The number of benzene rings is 1. The Balaban J connectivity index is 2.05. The molecule has 2 unspecified atom stereocenters. The molecule has 2 rings (SSSR count). The molecule has 2 atom stereocenters. The highest BCUT2D eigenvalue weighted by atomic mass is 32.2. The van der Waals surface area contributed by atoms with Crippen molar-refractivity contribution in [3.63, 3.8) is 0 Å². The minimum Gasteiger partial charge on any atom is -0.388 e. The van der Waals surface area contributed by atoms with Gasteiger partial charge in [0.1, 0.15) is 0 Å². The molecule has 0 bridgehead atoms. The van der Waals surface area contributed by atoms with E-state index in [1.807, 2.05) is 0 Å². The van der Waals surface area contributed by atoms with E-state index in [0.29, 0.717) is 4.90 Å². The Kier molecular flexibility index (Phi) is 4.44. The van der Waals surface area contributed by atoms with E-state index in [0.717, 1.165) is 24.9 Å². The van der Waals surface area contributed by atoms with Crippen LogP contribution >= 0.6 is 0 Å². The standard InChI is InChI=1S/C13H20N2O3S/c1-14-10-4-7-13(8-5-10)19(16,17)15-11-3-6-12(9-11)18-2/h4-5,7-8,11-12,14-15H,3,6,9H2,1-2H3. The predicted octanol–water partition coefficient (Wildman–Crippen LogP) is 1.57. The first-order valence-corrected chi connectivity index (χ1v) is 7.86. The maximum Gasteiger partial charge on any atom is 0.240 e. The van der Waals surface area contributed by atoms with Crippen molar-refractivity contribution >= 4 is 15.7 Å². The van der Waals surface area contributed by atoms with Crippen LogP contribution < -0.4 is 10.0 Å². The zero-order chi connectivity index (χ0) is 13.9. The summed E-state index contributed by atoms with van der Waals surface area (Å²) >= 11 is 0. The Morgan fingerprint density at radius 2 is 1.89 bits per heavy atom. The normalized spacial score (nSPS) is 23.5. The van der Waals surface area contributed by atoms with Crippen LogP contribution in [0.4, 0.5) is 5.69 Å². The molecule has 1 aliphatic carbocycles. The molecule has 19 heavy (non-hydrogen) atoms. The largest absolute Gasteiger partial charge is 0.388 e. The molecular weight excluding hydrogens is 264 g/mol. The van der Waals surface area contributed by atoms with Crippen molar-refractivity contribution in [3.8, 4) is 0 Å². The van der Waals surface area contributed by atoms with Gasteiger partial charge in [0.05, 0.1) is 11.0 Å². The fourth-order valence-corrected chi connectivity index (χ4v) is 3.63. The average Bonchev–Trinajstić information content (AvgIpc) is 2.85. The second-order valence-electron chi connectivity index (χ2n) is 4.76. The van der Waals surface area contributed by atoms with Crippen molar-refractivity contribution in [3.05, 3.63) is 24.3 Å². The molecule has 1 aliphatic rings. The van der Waals surface area contributed by atoms with E-state index < -0.39 is 10.0 Å². The highest BCUT2D eigenvalue weighted by molar-refractivity contribution is 7.89. The molecule has 5 nitrogen and oxygen atoms in total. The van der Waals surface area contributed by atoms with Crippen LogP contribution in [-0.4, -0.2) is 34.7 Å². The second kappa shape index (κ2) is 5.90. The Hall–Kier alpha value is -1.11. The Morgan fingerprint density at radius 3 is 2.42 bits per heavy atom. The number of hydrogen-bond acceptors (Lipinski definition) is 4. The Labute approximate surface area is 114 Å².